The summed E-state index contributed by atoms with van der Waals surface area (Å²) < 4.78 is 33.4. The Hall–Kier alpha value is -2.02. The number of nitrogens with zero attached hydrogens (tertiary/aromatic N) is 1. The van der Waals surface area contributed by atoms with E-state index in [1.807, 2.05) is 0 Å². The molecule has 100 valence electrons. The molecule has 0 unspecified atom stereocenters. The van der Waals surface area contributed by atoms with Crippen LogP contribution in [0.1, 0.15) is 15.4 Å². The van der Waals surface area contributed by atoms with Crippen LogP contribution in [0.4, 0.5) is 8.78 Å². The zero-order valence-electron chi connectivity index (χ0n) is 9.58. The molecule has 0 N–H and O–H groups in total. The molecule has 0 radical (unpaired) electrons. The highest BCUT2D eigenvalue weighted by Gasteiger charge is 2.18. The fourth-order valence-electron chi connectivity index (χ4n) is 1.32. The Morgan fingerprint density at radius 3 is 2.89 bits per heavy atom. The first kappa shape index (κ1) is 13.4. The molecule has 7 heteroatoms. The topological polar surface area (TPSA) is 48.4 Å². The number of halogens is 2. The van der Waals surface area contributed by atoms with Crippen LogP contribution in [0, 0.1) is 0 Å². The summed E-state index contributed by atoms with van der Waals surface area (Å²) in [5.41, 5.74) is 0.573. The van der Waals surface area contributed by atoms with Gasteiger partial charge in [-0.25, -0.2) is 4.79 Å². The monoisotopic (exact) mass is 285 g/mol. The van der Waals surface area contributed by atoms with Crippen molar-refractivity contribution in [3.63, 3.8) is 0 Å². The van der Waals surface area contributed by atoms with Crippen molar-refractivity contribution in [2.45, 2.75) is 13.2 Å². The van der Waals surface area contributed by atoms with E-state index in [9.17, 15) is 13.6 Å². The molecule has 0 bridgehead atoms. The SMILES string of the molecule is O=C(OCc1ccccn1)c1sccc1OC(F)F. The van der Waals surface area contributed by atoms with Crippen molar-refractivity contribution in [3.05, 3.63) is 46.4 Å². The number of pyridine rings is 1. The third kappa shape index (κ3) is 3.72. The highest BCUT2D eigenvalue weighted by atomic mass is 32.1. The van der Waals surface area contributed by atoms with Gasteiger partial charge in [0, 0.05) is 6.20 Å². The molecule has 0 aromatic carbocycles. The molecule has 2 aromatic heterocycles. The highest BCUT2D eigenvalue weighted by molar-refractivity contribution is 7.12. The second-order valence-electron chi connectivity index (χ2n) is 3.39. The van der Waals surface area contributed by atoms with Crippen LogP contribution in [-0.2, 0) is 11.3 Å². The molecule has 4 nitrogen and oxygen atoms in total. The number of rotatable bonds is 5. The average molecular weight is 285 g/mol. The molecule has 0 saturated heterocycles. The number of carbonyl (C=O) groups excluding carboxylic acids is 1. The van der Waals surface area contributed by atoms with E-state index in [4.69, 9.17) is 4.74 Å². The number of hydrogen-bond acceptors (Lipinski definition) is 5. The third-order valence-electron chi connectivity index (χ3n) is 2.11. The first-order chi connectivity index (χ1) is 9.16. The fraction of sp³-hybridized carbons (Fsp3) is 0.167. The van der Waals surface area contributed by atoms with Crippen LogP contribution in [0.5, 0.6) is 5.75 Å². The zero-order valence-corrected chi connectivity index (χ0v) is 10.4. The van der Waals surface area contributed by atoms with E-state index in [0.717, 1.165) is 11.3 Å². The van der Waals surface area contributed by atoms with Crippen molar-refractivity contribution in [1.82, 2.24) is 4.98 Å². The summed E-state index contributed by atoms with van der Waals surface area (Å²) >= 11 is 0.981. The van der Waals surface area contributed by atoms with Crippen LogP contribution in [0.3, 0.4) is 0 Å². The van der Waals surface area contributed by atoms with Gasteiger partial charge in [0.15, 0.2) is 10.6 Å². The molecule has 0 aliphatic heterocycles. The molecule has 0 aliphatic rings. The normalized spacial score (nSPS) is 10.5. The van der Waals surface area contributed by atoms with Gasteiger partial charge in [-0.3, -0.25) is 4.98 Å². The minimum atomic E-state index is -2.98. The second kappa shape index (κ2) is 6.24. The summed E-state index contributed by atoms with van der Waals surface area (Å²) in [6.07, 6.45) is 1.57. The van der Waals surface area contributed by atoms with Crippen LogP contribution in [0.15, 0.2) is 35.8 Å². The summed E-state index contributed by atoms with van der Waals surface area (Å²) in [5, 5.41) is 1.48. The fourth-order valence-corrected chi connectivity index (χ4v) is 2.04. The van der Waals surface area contributed by atoms with Gasteiger partial charge in [0.05, 0.1) is 5.69 Å². The van der Waals surface area contributed by atoms with Gasteiger partial charge in [-0.1, -0.05) is 6.07 Å². The molecule has 2 heterocycles. The smallest absolute Gasteiger partial charge is 0.387 e. The van der Waals surface area contributed by atoms with Crippen LogP contribution in [0.25, 0.3) is 0 Å². The molecule has 2 aromatic rings. The van der Waals surface area contributed by atoms with Crippen LogP contribution < -0.4 is 4.74 Å². The van der Waals surface area contributed by atoms with Gasteiger partial charge >= 0.3 is 12.6 Å². The standard InChI is InChI=1S/C12H9F2NO3S/c13-12(14)18-9-4-6-19-10(9)11(16)17-7-8-3-1-2-5-15-8/h1-6,12H,7H2. The predicted molar refractivity (Wildman–Crippen MR) is 64.3 cm³/mol. The Kier molecular flexibility index (Phi) is 4.40. The third-order valence-corrected chi connectivity index (χ3v) is 2.98. The molecular weight excluding hydrogens is 276 g/mol. The first-order valence-corrected chi connectivity index (χ1v) is 6.14. The lowest BCUT2D eigenvalue weighted by Crippen LogP contribution is -2.08. The van der Waals surface area contributed by atoms with E-state index in [-0.39, 0.29) is 17.2 Å². The van der Waals surface area contributed by atoms with Gasteiger partial charge in [0.1, 0.15) is 6.61 Å². The molecular formula is C12H9F2NO3S. The summed E-state index contributed by atoms with van der Waals surface area (Å²) in [4.78, 5) is 15.7. The lowest BCUT2D eigenvalue weighted by molar-refractivity contribution is -0.0501. The Morgan fingerprint density at radius 1 is 1.37 bits per heavy atom. The largest absolute Gasteiger partial charge is 0.455 e. The maximum Gasteiger partial charge on any atom is 0.387 e. The molecule has 0 atom stereocenters. The molecule has 0 spiro atoms. The average Bonchev–Trinajstić information content (AvgIpc) is 2.84. The van der Waals surface area contributed by atoms with Gasteiger partial charge in [0.25, 0.3) is 0 Å². The maximum atomic E-state index is 12.1. The van der Waals surface area contributed by atoms with Crippen molar-refractivity contribution in [3.8, 4) is 5.75 Å². The molecule has 0 amide bonds. The Bertz CT molecular complexity index is 545. The van der Waals surface area contributed by atoms with E-state index >= 15 is 0 Å². The molecule has 0 saturated carbocycles. The maximum absolute atomic E-state index is 12.1. The molecule has 2 rings (SSSR count). The lowest BCUT2D eigenvalue weighted by Gasteiger charge is -2.06. The highest BCUT2D eigenvalue weighted by Crippen LogP contribution is 2.27. The van der Waals surface area contributed by atoms with Crippen molar-refractivity contribution >= 4 is 17.3 Å². The zero-order chi connectivity index (χ0) is 13.7. The van der Waals surface area contributed by atoms with Crippen LogP contribution in [-0.4, -0.2) is 17.6 Å². The number of aromatic nitrogens is 1. The number of hydrogen-bond donors (Lipinski definition) is 0. The van der Waals surface area contributed by atoms with Crippen molar-refractivity contribution in [2.24, 2.45) is 0 Å². The Balaban J connectivity index is 1.98. The summed E-state index contributed by atoms with van der Waals surface area (Å²) in [5.74, 6) is -0.887. The van der Waals surface area contributed by atoms with E-state index in [1.165, 1.54) is 11.4 Å². The van der Waals surface area contributed by atoms with Gasteiger partial charge in [-0.15, -0.1) is 11.3 Å². The van der Waals surface area contributed by atoms with Crippen molar-refractivity contribution in [1.29, 1.82) is 0 Å². The first-order valence-electron chi connectivity index (χ1n) is 5.26. The van der Waals surface area contributed by atoms with Crippen LogP contribution in [0.2, 0.25) is 0 Å². The predicted octanol–water partition coefficient (Wildman–Crippen LogP) is 3.10. The van der Waals surface area contributed by atoms with Gasteiger partial charge in [-0.05, 0) is 23.6 Å². The summed E-state index contributed by atoms with van der Waals surface area (Å²) in [6.45, 7) is -3.00. The van der Waals surface area contributed by atoms with Gasteiger partial charge < -0.3 is 9.47 Å². The minimum absolute atomic E-state index is 0.0104. The number of esters is 1. The Labute approximate surface area is 111 Å². The number of carbonyl (C=O) groups is 1. The second-order valence-corrected chi connectivity index (χ2v) is 4.31. The summed E-state index contributed by atoms with van der Waals surface area (Å²) in [7, 11) is 0. The lowest BCUT2D eigenvalue weighted by atomic mass is 10.4. The van der Waals surface area contributed by atoms with Crippen molar-refractivity contribution in [2.75, 3.05) is 0 Å². The van der Waals surface area contributed by atoms with E-state index < -0.39 is 12.6 Å². The minimum Gasteiger partial charge on any atom is -0.455 e. The van der Waals surface area contributed by atoms with E-state index in [1.54, 1.807) is 24.4 Å². The van der Waals surface area contributed by atoms with Crippen molar-refractivity contribution < 1.29 is 23.0 Å². The van der Waals surface area contributed by atoms with Crippen LogP contribution >= 0.6 is 11.3 Å². The molecule has 0 fully saturated rings. The quantitative estimate of drug-likeness (QED) is 0.792. The summed E-state index contributed by atoms with van der Waals surface area (Å²) in [6, 6.07) is 6.48. The number of thiophene rings is 1. The number of ether oxygens (including phenoxy) is 2. The van der Waals surface area contributed by atoms with Gasteiger partial charge in [-0.2, -0.15) is 8.78 Å². The number of alkyl halides is 2. The molecule has 19 heavy (non-hydrogen) atoms. The van der Waals surface area contributed by atoms with E-state index in [0.29, 0.717) is 5.69 Å². The molecule has 0 aliphatic carbocycles. The Morgan fingerprint density at radius 2 is 2.21 bits per heavy atom. The van der Waals surface area contributed by atoms with E-state index in [2.05, 4.69) is 9.72 Å². The van der Waals surface area contributed by atoms with Gasteiger partial charge in [0.2, 0.25) is 0 Å².